The summed E-state index contributed by atoms with van der Waals surface area (Å²) in [5.74, 6) is -0.261. The van der Waals surface area contributed by atoms with E-state index in [4.69, 9.17) is 4.74 Å². The van der Waals surface area contributed by atoms with Crippen molar-refractivity contribution in [1.29, 1.82) is 0 Å². The van der Waals surface area contributed by atoms with Crippen molar-refractivity contribution < 1.29 is 13.9 Å². The molecule has 1 aliphatic rings. The SMILES string of the molecule is O=C(OCc1ccccc1)N1CCCC[C@H]1c1ccc(F)cc1. The number of piperidine rings is 1. The molecule has 2 aromatic carbocycles. The summed E-state index contributed by atoms with van der Waals surface area (Å²) >= 11 is 0. The first-order chi connectivity index (χ1) is 11.2. The lowest BCUT2D eigenvalue weighted by atomic mass is 9.96. The van der Waals surface area contributed by atoms with Crippen molar-refractivity contribution in [3.63, 3.8) is 0 Å². The highest BCUT2D eigenvalue weighted by Gasteiger charge is 2.29. The van der Waals surface area contributed by atoms with Crippen LogP contribution in [0.4, 0.5) is 9.18 Å². The molecule has 1 fully saturated rings. The Hall–Kier alpha value is -2.36. The molecule has 0 unspecified atom stereocenters. The lowest BCUT2D eigenvalue weighted by Gasteiger charge is -2.35. The second-order valence-electron chi connectivity index (χ2n) is 5.80. The number of ether oxygens (including phenoxy) is 1. The van der Waals surface area contributed by atoms with E-state index in [-0.39, 0.29) is 24.6 Å². The Kier molecular flexibility index (Phi) is 4.91. The molecule has 2 aromatic rings. The zero-order valence-electron chi connectivity index (χ0n) is 13.0. The fourth-order valence-electron chi connectivity index (χ4n) is 2.98. The number of benzene rings is 2. The molecular weight excluding hydrogens is 293 g/mol. The smallest absolute Gasteiger partial charge is 0.410 e. The van der Waals surface area contributed by atoms with E-state index in [0.717, 1.165) is 30.4 Å². The van der Waals surface area contributed by atoms with Crippen LogP contribution in [0.15, 0.2) is 54.6 Å². The Bertz CT molecular complexity index is 642. The van der Waals surface area contributed by atoms with Gasteiger partial charge in [-0.3, -0.25) is 0 Å². The number of nitrogens with zero attached hydrogens (tertiary/aromatic N) is 1. The van der Waals surface area contributed by atoms with Gasteiger partial charge in [0, 0.05) is 6.54 Å². The number of likely N-dealkylation sites (tertiary alicyclic amines) is 1. The van der Waals surface area contributed by atoms with E-state index in [2.05, 4.69) is 0 Å². The van der Waals surface area contributed by atoms with Crippen molar-refractivity contribution in [2.75, 3.05) is 6.54 Å². The standard InChI is InChI=1S/C19H20FNO2/c20-17-11-9-16(10-12-17)18-8-4-5-13-21(18)19(22)23-14-15-6-2-1-3-7-15/h1-3,6-7,9-12,18H,4-5,8,13-14H2/t18-/m0/s1. The molecule has 3 rings (SSSR count). The molecule has 1 amide bonds. The van der Waals surface area contributed by atoms with Crippen LogP contribution < -0.4 is 0 Å². The van der Waals surface area contributed by atoms with Gasteiger partial charge in [0.1, 0.15) is 12.4 Å². The van der Waals surface area contributed by atoms with Crippen LogP contribution >= 0.6 is 0 Å². The summed E-state index contributed by atoms with van der Waals surface area (Å²) in [5, 5.41) is 0. The highest BCUT2D eigenvalue weighted by atomic mass is 19.1. The van der Waals surface area contributed by atoms with Crippen LogP contribution in [0.5, 0.6) is 0 Å². The van der Waals surface area contributed by atoms with Crippen molar-refractivity contribution in [2.45, 2.75) is 31.9 Å². The first-order valence-corrected chi connectivity index (χ1v) is 7.97. The molecule has 0 N–H and O–H groups in total. The molecule has 1 heterocycles. The molecule has 0 bridgehead atoms. The maximum atomic E-state index is 13.1. The minimum Gasteiger partial charge on any atom is -0.445 e. The Morgan fingerprint density at radius 3 is 2.57 bits per heavy atom. The molecule has 1 atom stereocenters. The number of halogens is 1. The highest BCUT2D eigenvalue weighted by molar-refractivity contribution is 5.68. The highest BCUT2D eigenvalue weighted by Crippen LogP contribution is 2.31. The normalized spacial score (nSPS) is 17.8. The molecule has 0 radical (unpaired) electrons. The fourth-order valence-corrected chi connectivity index (χ4v) is 2.98. The van der Waals surface area contributed by atoms with Gasteiger partial charge in [-0.25, -0.2) is 9.18 Å². The number of carbonyl (C=O) groups excluding carboxylic acids is 1. The number of rotatable bonds is 3. The fraction of sp³-hybridized carbons (Fsp3) is 0.316. The predicted molar refractivity (Wildman–Crippen MR) is 86.3 cm³/mol. The van der Waals surface area contributed by atoms with E-state index < -0.39 is 0 Å². The summed E-state index contributed by atoms with van der Waals surface area (Å²) in [4.78, 5) is 14.2. The van der Waals surface area contributed by atoms with Gasteiger partial charge in [0.25, 0.3) is 0 Å². The maximum Gasteiger partial charge on any atom is 0.410 e. The first kappa shape index (κ1) is 15.5. The lowest BCUT2D eigenvalue weighted by molar-refractivity contribution is 0.0679. The van der Waals surface area contributed by atoms with E-state index in [1.165, 1.54) is 12.1 Å². The molecule has 0 aromatic heterocycles. The summed E-state index contributed by atoms with van der Waals surface area (Å²) in [5.41, 5.74) is 1.93. The van der Waals surface area contributed by atoms with Crippen LogP contribution in [-0.4, -0.2) is 17.5 Å². The second-order valence-corrected chi connectivity index (χ2v) is 5.80. The Labute approximate surface area is 135 Å². The quantitative estimate of drug-likeness (QED) is 0.822. The van der Waals surface area contributed by atoms with Crippen molar-refractivity contribution in [1.82, 2.24) is 4.90 Å². The molecule has 1 aliphatic heterocycles. The molecule has 0 aliphatic carbocycles. The molecule has 23 heavy (non-hydrogen) atoms. The molecule has 4 heteroatoms. The van der Waals surface area contributed by atoms with Crippen molar-refractivity contribution in [3.05, 3.63) is 71.5 Å². The third kappa shape index (κ3) is 3.89. The van der Waals surface area contributed by atoms with Crippen LogP contribution in [0, 0.1) is 5.82 Å². The minimum absolute atomic E-state index is 0.0346. The number of amides is 1. The Balaban J connectivity index is 1.68. The zero-order valence-corrected chi connectivity index (χ0v) is 13.0. The molecular formula is C19H20FNO2. The maximum absolute atomic E-state index is 13.1. The van der Waals surface area contributed by atoms with Gasteiger partial charge in [0.2, 0.25) is 0 Å². The van der Waals surface area contributed by atoms with Gasteiger partial charge >= 0.3 is 6.09 Å². The number of hydrogen-bond donors (Lipinski definition) is 0. The summed E-state index contributed by atoms with van der Waals surface area (Å²) in [6, 6.07) is 16.0. The van der Waals surface area contributed by atoms with Gasteiger partial charge in [0.05, 0.1) is 6.04 Å². The number of hydrogen-bond acceptors (Lipinski definition) is 2. The summed E-state index contributed by atoms with van der Waals surface area (Å²) in [6.07, 6.45) is 2.61. The van der Waals surface area contributed by atoms with Gasteiger partial charge in [0.15, 0.2) is 0 Å². The van der Waals surface area contributed by atoms with E-state index in [1.807, 2.05) is 30.3 Å². The molecule has 1 saturated heterocycles. The Morgan fingerprint density at radius 1 is 1.09 bits per heavy atom. The van der Waals surface area contributed by atoms with Crippen LogP contribution in [0.3, 0.4) is 0 Å². The Morgan fingerprint density at radius 2 is 1.83 bits per heavy atom. The number of carbonyl (C=O) groups is 1. The minimum atomic E-state index is -0.303. The van der Waals surface area contributed by atoms with Crippen LogP contribution in [0.25, 0.3) is 0 Å². The third-order valence-corrected chi connectivity index (χ3v) is 4.20. The summed E-state index contributed by atoms with van der Waals surface area (Å²) in [7, 11) is 0. The summed E-state index contributed by atoms with van der Waals surface area (Å²) in [6.45, 7) is 0.946. The van der Waals surface area contributed by atoms with Crippen molar-refractivity contribution >= 4 is 6.09 Å². The largest absolute Gasteiger partial charge is 0.445 e. The average Bonchev–Trinajstić information content (AvgIpc) is 2.61. The molecule has 3 nitrogen and oxygen atoms in total. The third-order valence-electron chi connectivity index (χ3n) is 4.20. The molecule has 0 saturated carbocycles. The molecule has 120 valence electrons. The van der Waals surface area contributed by atoms with Crippen LogP contribution in [0.1, 0.15) is 36.4 Å². The van der Waals surface area contributed by atoms with Crippen LogP contribution in [-0.2, 0) is 11.3 Å². The van der Waals surface area contributed by atoms with Crippen molar-refractivity contribution in [2.24, 2.45) is 0 Å². The van der Waals surface area contributed by atoms with E-state index >= 15 is 0 Å². The summed E-state index contributed by atoms with van der Waals surface area (Å²) < 4.78 is 18.6. The second kappa shape index (κ2) is 7.27. The van der Waals surface area contributed by atoms with E-state index in [9.17, 15) is 9.18 Å². The zero-order chi connectivity index (χ0) is 16.1. The predicted octanol–water partition coefficient (Wildman–Crippen LogP) is 4.69. The van der Waals surface area contributed by atoms with Gasteiger partial charge in [-0.05, 0) is 42.5 Å². The van der Waals surface area contributed by atoms with Crippen molar-refractivity contribution in [3.8, 4) is 0 Å². The van der Waals surface area contributed by atoms with Gasteiger partial charge in [-0.1, -0.05) is 42.5 Å². The monoisotopic (exact) mass is 313 g/mol. The topological polar surface area (TPSA) is 29.5 Å². The molecule has 0 spiro atoms. The van der Waals surface area contributed by atoms with E-state index in [1.54, 1.807) is 17.0 Å². The van der Waals surface area contributed by atoms with Crippen LogP contribution in [0.2, 0.25) is 0 Å². The van der Waals surface area contributed by atoms with Gasteiger partial charge < -0.3 is 9.64 Å². The lowest BCUT2D eigenvalue weighted by Crippen LogP contribution is -2.38. The first-order valence-electron chi connectivity index (χ1n) is 7.97. The van der Waals surface area contributed by atoms with Gasteiger partial charge in [-0.15, -0.1) is 0 Å². The average molecular weight is 313 g/mol. The van der Waals surface area contributed by atoms with Gasteiger partial charge in [-0.2, -0.15) is 0 Å². The van der Waals surface area contributed by atoms with E-state index in [0.29, 0.717) is 6.54 Å².